The van der Waals surface area contributed by atoms with E-state index in [4.69, 9.17) is 4.74 Å². The Balaban J connectivity index is 1.80. The number of fused-ring (bicyclic) bond motifs is 1. The van der Waals surface area contributed by atoms with E-state index >= 15 is 0 Å². The minimum Gasteiger partial charge on any atom is -0.378 e. The standard InChI is InChI=1S/C16H22N4O/c1-3-17-16-19-14-8-6-5-7-13(14)15(20-16)18-11-9-12(10-11)21-4-2/h5-8,11-12H,3-4,9-10H2,1-2H3,(H2,17,18,19,20). The zero-order valence-electron chi connectivity index (χ0n) is 12.6. The summed E-state index contributed by atoms with van der Waals surface area (Å²) in [4.78, 5) is 9.14. The fourth-order valence-corrected chi connectivity index (χ4v) is 2.67. The van der Waals surface area contributed by atoms with Crippen molar-refractivity contribution in [1.29, 1.82) is 0 Å². The summed E-state index contributed by atoms with van der Waals surface area (Å²) in [7, 11) is 0. The van der Waals surface area contributed by atoms with Crippen LogP contribution in [0, 0.1) is 0 Å². The maximum Gasteiger partial charge on any atom is 0.225 e. The average molecular weight is 286 g/mol. The Kier molecular flexibility index (Phi) is 4.20. The number of nitrogens with one attached hydrogen (secondary N) is 2. The third kappa shape index (κ3) is 3.08. The van der Waals surface area contributed by atoms with Crippen LogP contribution in [0.4, 0.5) is 11.8 Å². The lowest BCUT2D eigenvalue weighted by Gasteiger charge is -2.35. The van der Waals surface area contributed by atoms with Crippen molar-refractivity contribution in [2.75, 3.05) is 23.8 Å². The van der Waals surface area contributed by atoms with E-state index in [0.29, 0.717) is 18.1 Å². The first-order valence-corrected chi connectivity index (χ1v) is 7.69. The van der Waals surface area contributed by atoms with Crippen LogP contribution in [0.1, 0.15) is 26.7 Å². The van der Waals surface area contributed by atoms with Gasteiger partial charge < -0.3 is 15.4 Å². The Hall–Kier alpha value is -1.88. The summed E-state index contributed by atoms with van der Waals surface area (Å²) in [6.45, 7) is 5.69. The number of para-hydroxylation sites is 1. The van der Waals surface area contributed by atoms with E-state index in [-0.39, 0.29) is 0 Å². The molecular weight excluding hydrogens is 264 g/mol. The van der Waals surface area contributed by atoms with Crippen molar-refractivity contribution >= 4 is 22.7 Å². The first-order chi connectivity index (χ1) is 10.3. The molecule has 2 aromatic rings. The first kappa shape index (κ1) is 14.1. The van der Waals surface area contributed by atoms with E-state index in [1.54, 1.807) is 0 Å². The Bertz CT molecular complexity index is 610. The minimum absolute atomic E-state index is 0.397. The number of aromatic nitrogens is 2. The number of nitrogens with zero attached hydrogens (tertiary/aromatic N) is 2. The van der Waals surface area contributed by atoms with E-state index in [0.717, 1.165) is 42.7 Å². The largest absolute Gasteiger partial charge is 0.378 e. The lowest BCUT2D eigenvalue weighted by molar-refractivity contribution is 0.00295. The smallest absolute Gasteiger partial charge is 0.225 e. The maximum atomic E-state index is 5.61. The lowest BCUT2D eigenvalue weighted by atomic mass is 9.89. The van der Waals surface area contributed by atoms with Crippen molar-refractivity contribution < 1.29 is 4.74 Å². The Morgan fingerprint density at radius 1 is 1.19 bits per heavy atom. The highest BCUT2D eigenvalue weighted by Crippen LogP contribution is 2.29. The number of anilines is 2. The topological polar surface area (TPSA) is 59.1 Å². The fourth-order valence-electron chi connectivity index (χ4n) is 2.67. The van der Waals surface area contributed by atoms with Gasteiger partial charge in [0.1, 0.15) is 5.82 Å². The summed E-state index contributed by atoms with van der Waals surface area (Å²) in [5.41, 5.74) is 0.964. The molecule has 2 N–H and O–H groups in total. The van der Waals surface area contributed by atoms with Gasteiger partial charge in [0.25, 0.3) is 0 Å². The molecule has 0 aliphatic heterocycles. The lowest BCUT2D eigenvalue weighted by Crippen LogP contribution is -2.41. The van der Waals surface area contributed by atoms with Gasteiger partial charge in [-0.05, 0) is 38.8 Å². The van der Waals surface area contributed by atoms with Crippen LogP contribution in [0.15, 0.2) is 24.3 Å². The molecule has 112 valence electrons. The molecular formula is C16H22N4O. The number of hydrogen-bond donors (Lipinski definition) is 2. The summed E-state index contributed by atoms with van der Waals surface area (Å²) >= 11 is 0. The molecule has 5 heteroatoms. The van der Waals surface area contributed by atoms with Gasteiger partial charge in [-0.2, -0.15) is 4.98 Å². The number of rotatable bonds is 6. The Morgan fingerprint density at radius 3 is 2.76 bits per heavy atom. The molecule has 0 saturated heterocycles. The van der Waals surface area contributed by atoms with Gasteiger partial charge >= 0.3 is 0 Å². The second-order valence-electron chi connectivity index (χ2n) is 5.33. The molecule has 3 rings (SSSR count). The van der Waals surface area contributed by atoms with Crippen LogP contribution < -0.4 is 10.6 Å². The summed E-state index contributed by atoms with van der Waals surface area (Å²) in [5.74, 6) is 1.59. The van der Waals surface area contributed by atoms with Crippen LogP contribution in [0.3, 0.4) is 0 Å². The van der Waals surface area contributed by atoms with E-state index in [1.807, 2.05) is 32.0 Å². The number of benzene rings is 1. The van der Waals surface area contributed by atoms with Gasteiger partial charge in [0, 0.05) is 24.6 Å². The molecule has 1 heterocycles. The predicted octanol–water partition coefficient (Wildman–Crippen LogP) is 3.04. The molecule has 0 amide bonds. The van der Waals surface area contributed by atoms with Crippen molar-refractivity contribution in [2.24, 2.45) is 0 Å². The Labute approximate surface area is 125 Å². The van der Waals surface area contributed by atoms with E-state index in [9.17, 15) is 0 Å². The predicted molar refractivity (Wildman–Crippen MR) is 85.8 cm³/mol. The van der Waals surface area contributed by atoms with Crippen molar-refractivity contribution in [1.82, 2.24) is 9.97 Å². The molecule has 21 heavy (non-hydrogen) atoms. The van der Waals surface area contributed by atoms with Gasteiger partial charge in [0.05, 0.1) is 11.6 Å². The molecule has 0 radical (unpaired) electrons. The third-order valence-electron chi connectivity index (χ3n) is 3.78. The zero-order valence-corrected chi connectivity index (χ0v) is 12.6. The van der Waals surface area contributed by atoms with Gasteiger partial charge in [-0.15, -0.1) is 0 Å². The molecule has 1 aliphatic carbocycles. The second kappa shape index (κ2) is 6.26. The fraction of sp³-hybridized carbons (Fsp3) is 0.500. The number of hydrogen-bond acceptors (Lipinski definition) is 5. The summed E-state index contributed by atoms with van der Waals surface area (Å²) in [5, 5.41) is 7.80. The summed E-state index contributed by atoms with van der Waals surface area (Å²) in [6, 6.07) is 8.55. The van der Waals surface area contributed by atoms with Gasteiger partial charge in [-0.1, -0.05) is 12.1 Å². The molecule has 0 spiro atoms. The normalized spacial score (nSPS) is 21.0. The minimum atomic E-state index is 0.397. The van der Waals surface area contributed by atoms with Crippen LogP contribution in [0.2, 0.25) is 0 Å². The van der Waals surface area contributed by atoms with E-state index < -0.39 is 0 Å². The van der Waals surface area contributed by atoms with Crippen LogP contribution in [-0.2, 0) is 4.74 Å². The van der Waals surface area contributed by atoms with Gasteiger partial charge in [0.2, 0.25) is 5.95 Å². The van der Waals surface area contributed by atoms with Crippen molar-refractivity contribution in [3.63, 3.8) is 0 Å². The maximum absolute atomic E-state index is 5.61. The van der Waals surface area contributed by atoms with E-state index in [2.05, 4.69) is 26.7 Å². The monoisotopic (exact) mass is 286 g/mol. The molecule has 1 saturated carbocycles. The molecule has 5 nitrogen and oxygen atoms in total. The molecule has 1 aliphatic rings. The number of ether oxygens (including phenoxy) is 1. The molecule has 1 aromatic heterocycles. The van der Waals surface area contributed by atoms with Gasteiger partial charge in [-0.25, -0.2) is 4.98 Å². The molecule has 1 fully saturated rings. The van der Waals surface area contributed by atoms with Crippen molar-refractivity contribution in [3.8, 4) is 0 Å². The molecule has 1 aromatic carbocycles. The SMILES string of the molecule is CCNc1nc(NC2CC(OCC)C2)c2ccccc2n1. The van der Waals surface area contributed by atoms with Gasteiger partial charge in [0.15, 0.2) is 0 Å². The summed E-state index contributed by atoms with van der Waals surface area (Å²) < 4.78 is 5.61. The third-order valence-corrected chi connectivity index (χ3v) is 3.78. The summed E-state index contributed by atoms with van der Waals surface area (Å²) in [6.07, 6.45) is 2.49. The van der Waals surface area contributed by atoms with Crippen LogP contribution in [0.25, 0.3) is 10.9 Å². The highest BCUT2D eigenvalue weighted by atomic mass is 16.5. The van der Waals surface area contributed by atoms with Crippen molar-refractivity contribution in [3.05, 3.63) is 24.3 Å². The zero-order chi connectivity index (χ0) is 14.7. The second-order valence-corrected chi connectivity index (χ2v) is 5.33. The highest BCUT2D eigenvalue weighted by Gasteiger charge is 2.30. The Morgan fingerprint density at radius 2 is 2.00 bits per heavy atom. The molecule has 0 bridgehead atoms. The molecule has 0 atom stereocenters. The van der Waals surface area contributed by atoms with E-state index in [1.165, 1.54) is 0 Å². The quantitative estimate of drug-likeness (QED) is 0.854. The van der Waals surface area contributed by atoms with Gasteiger partial charge in [-0.3, -0.25) is 0 Å². The van der Waals surface area contributed by atoms with Crippen molar-refractivity contribution in [2.45, 2.75) is 38.8 Å². The van der Waals surface area contributed by atoms with Crippen LogP contribution in [-0.4, -0.2) is 35.3 Å². The van der Waals surface area contributed by atoms with Crippen LogP contribution >= 0.6 is 0 Å². The molecule has 0 unspecified atom stereocenters. The highest BCUT2D eigenvalue weighted by molar-refractivity contribution is 5.90. The van der Waals surface area contributed by atoms with Crippen LogP contribution in [0.5, 0.6) is 0 Å². The average Bonchev–Trinajstić information content (AvgIpc) is 2.45. The first-order valence-electron chi connectivity index (χ1n) is 7.69.